The molecular weight excluding hydrogens is 638 g/mol. The summed E-state index contributed by atoms with van der Waals surface area (Å²) in [5.74, 6) is -1.86. The number of Topliss-reactive ketones (excluding diaryl/α,β-unsaturated/α-hetero) is 1. The molecule has 5 aromatic carbocycles. The number of hydrogen-bond donors (Lipinski definition) is 5. The molecule has 1 unspecified atom stereocenters. The topological polar surface area (TPSA) is 165 Å². The van der Waals surface area contributed by atoms with E-state index in [1.165, 1.54) is 17.7 Å². The van der Waals surface area contributed by atoms with Gasteiger partial charge in [-0.25, -0.2) is 9.59 Å². The monoisotopic (exact) mass is 673 g/mol. The van der Waals surface area contributed by atoms with Crippen LogP contribution in [0.2, 0.25) is 0 Å². The van der Waals surface area contributed by atoms with Gasteiger partial charge in [0.25, 0.3) is 0 Å². The van der Waals surface area contributed by atoms with E-state index in [1.807, 2.05) is 6.07 Å². The highest BCUT2D eigenvalue weighted by Crippen LogP contribution is 2.63. The van der Waals surface area contributed by atoms with Crippen LogP contribution < -0.4 is 4.74 Å². The van der Waals surface area contributed by atoms with E-state index in [-0.39, 0.29) is 40.6 Å². The Morgan fingerprint density at radius 1 is 0.860 bits per heavy atom. The minimum atomic E-state index is -1.28. The van der Waals surface area contributed by atoms with Crippen LogP contribution in [-0.4, -0.2) is 73.9 Å². The SMILES string of the molecule is CN1CCC23c4c5ccc(O)c4O[C@H]2C(=O)CC[C@H]3[C@H]1C5.O=C(O)c1cc2ccccc2c(Cc2c(O)c(C(=O)O)cc3ccccc23)c1O. The second-order valence-electron chi connectivity index (χ2n) is 13.8. The zero-order valence-electron chi connectivity index (χ0n) is 27.2. The molecule has 10 nitrogen and oxygen atoms in total. The van der Waals surface area contributed by atoms with Gasteiger partial charge in [-0.05, 0) is 84.1 Å². The molecule has 2 fully saturated rings. The second-order valence-corrected chi connectivity index (χ2v) is 13.8. The first-order valence-electron chi connectivity index (χ1n) is 16.7. The highest BCUT2D eigenvalue weighted by atomic mass is 16.5. The van der Waals surface area contributed by atoms with Crippen LogP contribution in [0, 0.1) is 5.92 Å². The van der Waals surface area contributed by atoms with Gasteiger partial charge in [-0.3, -0.25) is 4.79 Å². The van der Waals surface area contributed by atoms with Gasteiger partial charge >= 0.3 is 11.9 Å². The van der Waals surface area contributed by atoms with E-state index in [9.17, 15) is 39.9 Å². The van der Waals surface area contributed by atoms with Crippen LogP contribution in [0.15, 0.2) is 72.8 Å². The Kier molecular flexibility index (Phi) is 7.27. The number of aromatic hydroxyl groups is 3. The van der Waals surface area contributed by atoms with Crippen molar-refractivity contribution < 1.29 is 44.7 Å². The van der Waals surface area contributed by atoms with Gasteiger partial charge in [0.05, 0.1) is 0 Å². The number of carbonyl (C=O) groups is 3. The molecule has 5 aromatic rings. The minimum Gasteiger partial charge on any atom is -0.507 e. The average Bonchev–Trinajstić information content (AvgIpc) is 3.46. The summed E-state index contributed by atoms with van der Waals surface area (Å²) in [4.78, 5) is 38.2. The molecule has 2 aliphatic heterocycles. The van der Waals surface area contributed by atoms with Gasteiger partial charge in [0.15, 0.2) is 23.4 Å². The lowest BCUT2D eigenvalue weighted by Gasteiger charge is -2.57. The molecule has 50 heavy (non-hydrogen) atoms. The number of piperidine rings is 1. The lowest BCUT2D eigenvalue weighted by atomic mass is 9.52. The molecule has 2 heterocycles. The fourth-order valence-electron chi connectivity index (χ4n) is 9.20. The average molecular weight is 674 g/mol. The van der Waals surface area contributed by atoms with Gasteiger partial charge < -0.3 is 35.2 Å². The third kappa shape index (κ3) is 4.55. The summed E-state index contributed by atoms with van der Waals surface area (Å²) in [6.45, 7) is 1.00. The molecule has 2 bridgehead atoms. The summed E-state index contributed by atoms with van der Waals surface area (Å²) in [7, 11) is 2.20. The number of fused-ring (bicyclic) bond motifs is 2. The van der Waals surface area contributed by atoms with Crippen LogP contribution in [0.25, 0.3) is 21.5 Å². The van der Waals surface area contributed by atoms with E-state index in [0.29, 0.717) is 56.8 Å². The number of carbonyl (C=O) groups excluding carboxylic acids is 1. The summed E-state index contributed by atoms with van der Waals surface area (Å²) in [6.07, 6.45) is 3.14. The molecular formula is C40H35NO9. The van der Waals surface area contributed by atoms with Crippen LogP contribution >= 0.6 is 0 Å². The Morgan fingerprint density at radius 3 is 2.02 bits per heavy atom. The lowest BCUT2D eigenvalue weighted by Crippen LogP contribution is -2.65. The lowest BCUT2D eigenvalue weighted by molar-refractivity contribution is -0.138. The number of carboxylic acid groups (broad SMARTS) is 2. The fourth-order valence-corrected chi connectivity index (χ4v) is 9.20. The molecule has 0 aromatic heterocycles. The van der Waals surface area contributed by atoms with E-state index < -0.39 is 23.4 Å². The Labute approximate surface area is 286 Å². The number of nitrogens with zero attached hydrogens (tertiary/aromatic N) is 1. The number of likely N-dealkylation sites (N-methyl/N-ethyl adjacent to an activating group) is 1. The third-order valence-electron chi connectivity index (χ3n) is 11.5. The van der Waals surface area contributed by atoms with E-state index in [0.717, 1.165) is 31.4 Å². The van der Waals surface area contributed by atoms with Crippen LogP contribution in [0.1, 0.15) is 62.2 Å². The molecule has 254 valence electrons. The van der Waals surface area contributed by atoms with Crippen molar-refractivity contribution in [2.75, 3.05) is 13.6 Å². The van der Waals surface area contributed by atoms with Crippen LogP contribution in [0.5, 0.6) is 23.0 Å². The van der Waals surface area contributed by atoms with Crippen molar-refractivity contribution >= 4 is 39.3 Å². The Hall–Kier alpha value is -5.61. The zero-order chi connectivity index (χ0) is 35.1. The first-order chi connectivity index (χ1) is 24.0. The molecule has 1 spiro atoms. The van der Waals surface area contributed by atoms with Crippen molar-refractivity contribution in [1.82, 2.24) is 4.90 Å². The van der Waals surface area contributed by atoms with Crippen LogP contribution in [-0.2, 0) is 23.1 Å². The first-order valence-corrected chi connectivity index (χ1v) is 16.7. The highest BCUT2D eigenvalue weighted by Gasteiger charge is 2.65. The number of aromatic carboxylic acids is 2. The number of phenols is 3. The predicted molar refractivity (Wildman–Crippen MR) is 185 cm³/mol. The number of ketones is 1. The van der Waals surface area contributed by atoms with Crippen LogP contribution in [0.3, 0.4) is 0 Å². The summed E-state index contributed by atoms with van der Waals surface area (Å²) in [5.41, 5.74) is 2.37. The third-order valence-corrected chi connectivity index (χ3v) is 11.5. The summed E-state index contributed by atoms with van der Waals surface area (Å²) < 4.78 is 6.04. The first kappa shape index (κ1) is 31.6. The molecule has 0 radical (unpaired) electrons. The summed E-state index contributed by atoms with van der Waals surface area (Å²) in [5, 5.41) is 53.0. The number of ether oxygens (including phenoxy) is 1. The Bertz CT molecular complexity index is 2180. The maximum Gasteiger partial charge on any atom is 0.339 e. The Morgan fingerprint density at radius 2 is 1.44 bits per heavy atom. The van der Waals surface area contributed by atoms with Gasteiger partial charge in [0.1, 0.15) is 22.6 Å². The number of carboxylic acids is 2. The smallest absolute Gasteiger partial charge is 0.339 e. The quantitative estimate of drug-likeness (QED) is 0.152. The van der Waals surface area contributed by atoms with Crippen molar-refractivity contribution in [3.63, 3.8) is 0 Å². The van der Waals surface area contributed by atoms with Gasteiger partial charge in [0, 0.05) is 41.0 Å². The van der Waals surface area contributed by atoms with Crippen molar-refractivity contribution in [1.29, 1.82) is 0 Å². The molecule has 2 aliphatic carbocycles. The second kappa shape index (κ2) is 11.5. The molecule has 10 heteroatoms. The number of benzene rings is 5. The van der Waals surface area contributed by atoms with E-state index in [2.05, 4.69) is 11.9 Å². The fraction of sp³-hybridized carbons (Fsp3) is 0.275. The van der Waals surface area contributed by atoms with Gasteiger partial charge in [-0.2, -0.15) is 0 Å². The van der Waals surface area contributed by atoms with E-state index >= 15 is 0 Å². The van der Waals surface area contributed by atoms with Crippen molar-refractivity contribution in [2.24, 2.45) is 5.92 Å². The van der Waals surface area contributed by atoms with Crippen LogP contribution in [0.4, 0.5) is 0 Å². The number of likely N-dealkylation sites (tertiary alicyclic amines) is 1. The molecule has 9 rings (SSSR count). The molecule has 5 N–H and O–H groups in total. The predicted octanol–water partition coefficient (Wildman–Crippen LogP) is 6.02. The molecule has 1 saturated carbocycles. The minimum absolute atomic E-state index is 0.0407. The van der Waals surface area contributed by atoms with Crippen molar-refractivity contribution in [2.45, 2.75) is 49.7 Å². The summed E-state index contributed by atoms with van der Waals surface area (Å²) in [6, 6.07) is 21.0. The Balaban J connectivity index is 0.000000151. The molecule has 4 atom stereocenters. The maximum atomic E-state index is 12.5. The largest absolute Gasteiger partial charge is 0.507 e. The number of phenolic OH excluding ortho intramolecular Hbond substituents is 1. The van der Waals surface area contributed by atoms with Gasteiger partial charge in [0.2, 0.25) is 0 Å². The van der Waals surface area contributed by atoms with Crippen molar-refractivity contribution in [3.05, 3.63) is 106 Å². The normalized spacial score (nSPS) is 23.1. The van der Waals surface area contributed by atoms with Gasteiger partial charge in [-0.1, -0.05) is 54.6 Å². The highest BCUT2D eigenvalue weighted by molar-refractivity contribution is 6.02. The van der Waals surface area contributed by atoms with E-state index in [1.54, 1.807) is 54.6 Å². The van der Waals surface area contributed by atoms with Crippen molar-refractivity contribution in [3.8, 4) is 23.0 Å². The summed E-state index contributed by atoms with van der Waals surface area (Å²) >= 11 is 0. The molecule has 1 saturated heterocycles. The zero-order valence-corrected chi connectivity index (χ0v) is 27.2. The van der Waals surface area contributed by atoms with E-state index in [4.69, 9.17) is 4.74 Å². The maximum absolute atomic E-state index is 12.5. The standard InChI is InChI=1S/C23H16O6.C17H19NO3/c24-20-16(14-7-3-1-5-12(14)9-18(20)22(26)27)11-17-15-8-4-2-6-13(15)10-19(21(17)25)23(28)29;1-18-7-6-17-10-3-5-13(20)16(17)21-15-12(19)4-2-9(14(15)17)8-11(10)18/h1-10,24-25H,11H2,(H,26,27)(H,28,29);2,4,10-11,16,19H,3,5-8H2,1H3/t;10-,11+,16-,17?/m.0/s1. The number of hydrogen-bond acceptors (Lipinski definition) is 8. The molecule has 0 amide bonds. The number of rotatable bonds is 4. The van der Waals surface area contributed by atoms with Gasteiger partial charge in [-0.15, -0.1) is 0 Å². The molecule has 4 aliphatic rings.